The molecule has 0 saturated heterocycles. The number of phenols is 1. The lowest BCUT2D eigenvalue weighted by molar-refractivity contribution is 0.0597. The molecule has 0 radical (unpaired) electrons. The lowest BCUT2D eigenvalue weighted by Crippen LogP contribution is -2.01. The molecule has 0 atom stereocenters. The maximum atomic E-state index is 11.0. The fourth-order valence-electron chi connectivity index (χ4n) is 0.923. The monoisotopic (exact) mass is 196 g/mol. The van der Waals surface area contributed by atoms with E-state index in [1.54, 1.807) is 12.1 Å². The number of aryl methyl sites for hydroxylation is 1. The highest BCUT2D eigenvalue weighted by atomic mass is 16.5. The van der Waals surface area contributed by atoms with Gasteiger partial charge in [0.25, 0.3) is 0 Å². The topological polar surface area (TPSA) is 46.5 Å². The number of aromatic hydroxyl groups is 1. The van der Waals surface area contributed by atoms with Crippen molar-refractivity contribution in [2.24, 2.45) is 0 Å². The second kappa shape index (κ2) is 6.02. The Bertz CT molecular complexity index is 305. The van der Waals surface area contributed by atoms with Gasteiger partial charge in [0.2, 0.25) is 0 Å². The van der Waals surface area contributed by atoms with Crippen LogP contribution in [0.2, 0.25) is 0 Å². The van der Waals surface area contributed by atoms with Gasteiger partial charge in [-0.3, -0.25) is 0 Å². The van der Waals surface area contributed by atoms with Crippen molar-refractivity contribution in [2.45, 2.75) is 20.8 Å². The van der Waals surface area contributed by atoms with Gasteiger partial charge in [0.05, 0.1) is 7.11 Å². The summed E-state index contributed by atoms with van der Waals surface area (Å²) in [6.07, 6.45) is 0. The molecule has 0 bridgehead atoms. The van der Waals surface area contributed by atoms with Gasteiger partial charge < -0.3 is 9.84 Å². The van der Waals surface area contributed by atoms with Crippen LogP contribution in [0.3, 0.4) is 0 Å². The summed E-state index contributed by atoms with van der Waals surface area (Å²) in [6, 6.07) is 4.78. The van der Waals surface area contributed by atoms with E-state index < -0.39 is 5.97 Å². The zero-order chi connectivity index (χ0) is 11.1. The number of carbonyl (C=O) groups excluding carboxylic acids is 1. The molecule has 1 N–H and O–H groups in total. The number of rotatable bonds is 1. The summed E-state index contributed by atoms with van der Waals surface area (Å²) >= 11 is 0. The fraction of sp³-hybridized carbons (Fsp3) is 0.364. The predicted molar refractivity (Wildman–Crippen MR) is 55.5 cm³/mol. The van der Waals surface area contributed by atoms with Crippen LogP contribution >= 0.6 is 0 Å². The van der Waals surface area contributed by atoms with Gasteiger partial charge >= 0.3 is 5.97 Å². The summed E-state index contributed by atoms with van der Waals surface area (Å²) in [5, 5.41) is 9.24. The minimum atomic E-state index is -0.517. The van der Waals surface area contributed by atoms with Gasteiger partial charge in [-0.05, 0) is 19.1 Å². The van der Waals surface area contributed by atoms with Crippen LogP contribution in [0.1, 0.15) is 29.8 Å². The first kappa shape index (κ1) is 12.5. The summed E-state index contributed by atoms with van der Waals surface area (Å²) in [4.78, 5) is 11.0. The van der Waals surface area contributed by atoms with Crippen molar-refractivity contribution in [2.75, 3.05) is 7.11 Å². The molecule has 14 heavy (non-hydrogen) atoms. The Hall–Kier alpha value is -1.51. The predicted octanol–water partition coefficient (Wildman–Crippen LogP) is 2.51. The van der Waals surface area contributed by atoms with Crippen LogP contribution in [0.15, 0.2) is 18.2 Å². The Kier molecular flexibility index (Phi) is 5.37. The van der Waals surface area contributed by atoms with Crippen molar-refractivity contribution in [1.82, 2.24) is 0 Å². The summed E-state index contributed by atoms with van der Waals surface area (Å²) in [5.41, 5.74) is 1.12. The Morgan fingerprint density at radius 2 is 1.93 bits per heavy atom. The van der Waals surface area contributed by atoms with E-state index in [0.717, 1.165) is 5.56 Å². The van der Waals surface area contributed by atoms with E-state index in [1.807, 2.05) is 20.8 Å². The third kappa shape index (κ3) is 3.09. The number of hydrogen-bond donors (Lipinski definition) is 1. The van der Waals surface area contributed by atoms with Gasteiger partial charge in [-0.15, -0.1) is 0 Å². The quantitative estimate of drug-likeness (QED) is 0.702. The molecular formula is C11H16O3. The minimum Gasteiger partial charge on any atom is -0.507 e. The Morgan fingerprint density at radius 1 is 1.36 bits per heavy atom. The Morgan fingerprint density at radius 3 is 2.43 bits per heavy atom. The van der Waals surface area contributed by atoms with Gasteiger partial charge in [0.15, 0.2) is 0 Å². The Labute approximate surface area is 84.3 Å². The van der Waals surface area contributed by atoms with Crippen molar-refractivity contribution in [1.29, 1.82) is 0 Å². The van der Waals surface area contributed by atoms with Crippen LogP contribution in [0.4, 0.5) is 0 Å². The van der Waals surface area contributed by atoms with Gasteiger partial charge in [-0.2, -0.15) is 0 Å². The van der Waals surface area contributed by atoms with Gasteiger partial charge in [0.1, 0.15) is 11.3 Å². The molecule has 3 nitrogen and oxygen atoms in total. The van der Waals surface area contributed by atoms with E-state index in [4.69, 9.17) is 0 Å². The maximum Gasteiger partial charge on any atom is 0.341 e. The molecule has 0 fully saturated rings. The van der Waals surface area contributed by atoms with Crippen LogP contribution in [0.5, 0.6) is 5.75 Å². The molecule has 78 valence electrons. The zero-order valence-corrected chi connectivity index (χ0v) is 9.00. The highest BCUT2D eigenvalue weighted by Gasteiger charge is 2.10. The number of ether oxygens (including phenoxy) is 1. The average Bonchev–Trinajstić information content (AvgIpc) is 2.23. The molecule has 0 aliphatic heterocycles. The molecule has 1 aromatic carbocycles. The zero-order valence-electron chi connectivity index (χ0n) is 9.00. The maximum absolute atomic E-state index is 11.0. The summed E-state index contributed by atoms with van der Waals surface area (Å²) < 4.78 is 4.47. The van der Waals surface area contributed by atoms with E-state index in [0.29, 0.717) is 0 Å². The second-order valence-electron chi connectivity index (χ2n) is 2.51. The number of phenolic OH excluding ortho intramolecular Hbond substituents is 1. The number of carbonyl (C=O) groups is 1. The van der Waals surface area contributed by atoms with Crippen LogP contribution in [0, 0.1) is 6.92 Å². The van der Waals surface area contributed by atoms with Crippen molar-refractivity contribution in [3.8, 4) is 5.75 Å². The summed E-state index contributed by atoms with van der Waals surface area (Å²) in [6.45, 7) is 5.84. The first-order chi connectivity index (χ1) is 6.65. The SMILES string of the molecule is CC.COC(=O)c1cc(C)ccc1O. The largest absolute Gasteiger partial charge is 0.507 e. The average molecular weight is 196 g/mol. The van der Waals surface area contributed by atoms with E-state index >= 15 is 0 Å². The van der Waals surface area contributed by atoms with Crippen molar-refractivity contribution in [3.63, 3.8) is 0 Å². The third-order valence-electron chi connectivity index (χ3n) is 1.56. The summed E-state index contributed by atoms with van der Waals surface area (Å²) in [5.74, 6) is -0.566. The molecule has 0 amide bonds. The van der Waals surface area contributed by atoms with Gasteiger partial charge in [0, 0.05) is 0 Å². The Balaban J connectivity index is 0.000000791. The number of methoxy groups -OCH3 is 1. The lowest BCUT2D eigenvalue weighted by atomic mass is 10.1. The normalized spacial score (nSPS) is 8.57. The number of benzene rings is 1. The highest BCUT2D eigenvalue weighted by Crippen LogP contribution is 2.18. The van der Waals surface area contributed by atoms with Gasteiger partial charge in [-0.1, -0.05) is 25.5 Å². The van der Waals surface area contributed by atoms with E-state index in [1.165, 1.54) is 13.2 Å². The van der Waals surface area contributed by atoms with E-state index in [9.17, 15) is 9.90 Å². The van der Waals surface area contributed by atoms with Crippen LogP contribution in [-0.4, -0.2) is 18.2 Å². The molecule has 0 unspecified atom stereocenters. The van der Waals surface area contributed by atoms with Crippen molar-refractivity contribution >= 4 is 5.97 Å². The molecule has 0 aromatic heterocycles. The standard InChI is InChI=1S/C9H10O3.C2H6/c1-6-3-4-8(10)7(5-6)9(11)12-2;1-2/h3-5,10H,1-2H3;1-2H3. The lowest BCUT2D eigenvalue weighted by Gasteiger charge is -2.02. The van der Waals surface area contributed by atoms with Crippen LogP contribution < -0.4 is 0 Å². The van der Waals surface area contributed by atoms with Crippen molar-refractivity contribution < 1.29 is 14.6 Å². The fourth-order valence-corrected chi connectivity index (χ4v) is 0.923. The van der Waals surface area contributed by atoms with E-state index in [-0.39, 0.29) is 11.3 Å². The first-order valence-corrected chi connectivity index (χ1v) is 4.53. The number of esters is 1. The first-order valence-electron chi connectivity index (χ1n) is 4.53. The molecule has 0 spiro atoms. The molecular weight excluding hydrogens is 180 g/mol. The van der Waals surface area contributed by atoms with Crippen molar-refractivity contribution in [3.05, 3.63) is 29.3 Å². The summed E-state index contributed by atoms with van der Waals surface area (Å²) in [7, 11) is 1.28. The molecule has 0 saturated carbocycles. The van der Waals surface area contributed by atoms with Crippen LogP contribution in [-0.2, 0) is 4.74 Å². The molecule has 0 heterocycles. The van der Waals surface area contributed by atoms with Crippen LogP contribution in [0.25, 0.3) is 0 Å². The molecule has 0 aliphatic rings. The third-order valence-corrected chi connectivity index (χ3v) is 1.56. The molecule has 3 heteroatoms. The second-order valence-corrected chi connectivity index (χ2v) is 2.51. The minimum absolute atomic E-state index is 0.0487. The van der Waals surface area contributed by atoms with Gasteiger partial charge in [-0.25, -0.2) is 4.79 Å². The molecule has 0 aliphatic carbocycles. The number of hydrogen-bond acceptors (Lipinski definition) is 3. The highest BCUT2D eigenvalue weighted by molar-refractivity contribution is 5.92. The molecule has 1 aromatic rings. The smallest absolute Gasteiger partial charge is 0.341 e. The molecule has 1 rings (SSSR count). The van der Waals surface area contributed by atoms with E-state index in [2.05, 4.69) is 4.74 Å².